The molecule has 12 heteroatoms. The quantitative estimate of drug-likeness (QED) is 0.583. The summed E-state index contributed by atoms with van der Waals surface area (Å²) in [6.45, 7) is -0.0113. The van der Waals surface area contributed by atoms with E-state index in [0.29, 0.717) is 4.57 Å². The highest BCUT2D eigenvalue weighted by Crippen LogP contribution is 2.45. The number of hydrogen-bond donors (Lipinski definition) is 3. The second-order valence-corrected chi connectivity index (χ2v) is 7.19. The van der Waals surface area contributed by atoms with E-state index < -0.39 is 49.9 Å². The molecule has 2 heterocycles. The Morgan fingerprint density at radius 1 is 1.32 bits per heavy atom. The van der Waals surface area contributed by atoms with Gasteiger partial charge in [0, 0.05) is 16.8 Å². The molecule has 28 heavy (non-hydrogen) atoms. The number of nitrogens with one attached hydrogen (secondary N) is 1. The van der Waals surface area contributed by atoms with E-state index in [1.54, 1.807) is 18.2 Å². The molecule has 1 aliphatic heterocycles. The van der Waals surface area contributed by atoms with Crippen molar-refractivity contribution in [3.05, 3.63) is 63.4 Å². The Hall–Kier alpha value is -2.43. The third kappa shape index (κ3) is 3.89. The summed E-state index contributed by atoms with van der Waals surface area (Å²) in [6.07, 6.45) is -2.86. The number of rotatable bonds is 6. The molecule has 150 valence electrons. The molecule has 1 saturated heterocycles. The van der Waals surface area contributed by atoms with E-state index >= 15 is 4.39 Å². The van der Waals surface area contributed by atoms with Gasteiger partial charge < -0.3 is 14.9 Å². The first kappa shape index (κ1) is 20.3. The number of hydrogen-bond acceptors (Lipinski definition) is 8. The molecule has 10 nitrogen and oxygen atoms in total. The summed E-state index contributed by atoms with van der Waals surface area (Å²) in [7, 11) is -2.81. The molecule has 3 N–H and O–H groups in total. The molecular weight excluding hydrogens is 398 g/mol. The first-order chi connectivity index (χ1) is 13.1. The number of para-hydroxylation sites is 1. The maximum atomic E-state index is 15.1. The van der Waals surface area contributed by atoms with Gasteiger partial charge in [0.25, 0.3) is 11.4 Å². The smallest absolute Gasteiger partial charge is 0.384 e. The average molecular weight is 415 g/mol. The van der Waals surface area contributed by atoms with E-state index in [9.17, 15) is 24.4 Å². The van der Waals surface area contributed by atoms with Crippen LogP contribution in [0.1, 0.15) is 13.2 Å². The maximum absolute atomic E-state index is 15.1. The van der Waals surface area contributed by atoms with Crippen LogP contribution >= 0.6 is 8.25 Å². The van der Waals surface area contributed by atoms with Crippen molar-refractivity contribution >= 4 is 8.25 Å². The summed E-state index contributed by atoms with van der Waals surface area (Å²) < 4.78 is 42.5. The van der Waals surface area contributed by atoms with Crippen molar-refractivity contribution in [3.63, 3.8) is 0 Å². The van der Waals surface area contributed by atoms with Crippen molar-refractivity contribution in [1.29, 1.82) is 0 Å². The molecule has 0 aliphatic carbocycles. The van der Waals surface area contributed by atoms with Crippen LogP contribution in [-0.2, 0) is 13.8 Å². The van der Waals surface area contributed by atoms with Gasteiger partial charge in [-0.15, -0.1) is 4.52 Å². The summed E-state index contributed by atoms with van der Waals surface area (Å²) in [4.78, 5) is 25.0. The van der Waals surface area contributed by atoms with E-state index in [1.807, 2.05) is 4.98 Å². The van der Waals surface area contributed by atoms with Crippen molar-refractivity contribution < 1.29 is 33.0 Å². The fraction of sp³-hybridized carbons (Fsp3) is 0.375. The zero-order valence-corrected chi connectivity index (χ0v) is 15.4. The Morgan fingerprint density at radius 3 is 2.64 bits per heavy atom. The van der Waals surface area contributed by atoms with Crippen LogP contribution in [0.3, 0.4) is 0 Å². The summed E-state index contributed by atoms with van der Waals surface area (Å²) in [5.74, 6) is -2.79. The molecule has 1 aromatic carbocycles. The van der Waals surface area contributed by atoms with Crippen LogP contribution < -0.4 is 15.8 Å². The number of aromatic amines is 1. The van der Waals surface area contributed by atoms with Crippen LogP contribution in [-0.4, -0.2) is 43.9 Å². The van der Waals surface area contributed by atoms with Crippen LogP contribution in [0, 0.1) is 0 Å². The molecule has 0 bridgehead atoms. The maximum Gasteiger partial charge on any atom is 0.750 e. The fourth-order valence-electron chi connectivity index (χ4n) is 2.74. The minimum atomic E-state index is -3.01. The van der Waals surface area contributed by atoms with Crippen LogP contribution in [0.25, 0.3) is 0 Å². The van der Waals surface area contributed by atoms with Crippen LogP contribution in [0.4, 0.5) is 4.39 Å². The molecule has 1 fully saturated rings. The number of alkyl halides is 1. The standard InChI is InChI=1S/C16H16FN2O8P/c1-15(23)12(21)16(17,9-25-28(24)27-10-5-3-2-4-6-10)26-13(15)19-8-7-11(20)18-14(19)22/h2-8,12-13,21,23H,9H2,1H3/p+1/t12-,13+,15+,16+/m0/s1. The van der Waals surface area contributed by atoms with Crippen molar-refractivity contribution in [2.45, 2.75) is 30.7 Å². The van der Waals surface area contributed by atoms with Crippen molar-refractivity contribution in [2.24, 2.45) is 0 Å². The van der Waals surface area contributed by atoms with Gasteiger partial charge in [0.05, 0.1) is 0 Å². The van der Waals surface area contributed by atoms with E-state index in [0.717, 1.165) is 19.2 Å². The van der Waals surface area contributed by atoms with Crippen LogP contribution in [0.2, 0.25) is 0 Å². The van der Waals surface area contributed by atoms with Gasteiger partial charge in [-0.2, -0.15) is 0 Å². The third-order valence-electron chi connectivity index (χ3n) is 4.16. The largest absolute Gasteiger partial charge is 0.750 e. The van der Waals surface area contributed by atoms with Gasteiger partial charge in [-0.1, -0.05) is 18.2 Å². The number of H-pyrrole nitrogens is 1. The molecule has 0 spiro atoms. The Bertz CT molecular complexity index is 978. The van der Waals surface area contributed by atoms with Gasteiger partial charge in [0.1, 0.15) is 11.7 Å². The predicted octanol–water partition coefficient (Wildman–Crippen LogP) is 0.596. The van der Waals surface area contributed by atoms with Crippen molar-refractivity contribution in [1.82, 2.24) is 9.55 Å². The minimum Gasteiger partial charge on any atom is -0.384 e. The van der Waals surface area contributed by atoms with E-state index in [4.69, 9.17) is 13.8 Å². The van der Waals surface area contributed by atoms with Gasteiger partial charge >= 0.3 is 13.9 Å². The van der Waals surface area contributed by atoms with Gasteiger partial charge in [0.2, 0.25) is 0 Å². The lowest BCUT2D eigenvalue weighted by Crippen LogP contribution is -2.49. The average Bonchev–Trinajstić information content (AvgIpc) is 2.82. The summed E-state index contributed by atoms with van der Waals surface area (Å²) >= 11 is 0. The highest BCUT2D eigenvalue weighted by molar-refractivity contribution is 7.33. The second-order valence-electron chi connectivity index (χ2n) is 6.30. The van der Waals surface area contributed by atoms with Crippen LogP contribution in [0.5, 0.6) is 5.75 Å². The fourth-order valence-corrected chi connectivity index (χ4v) is 3.37. The molecule has 0 radical (unpaired) electrons. The monoisotopic (exact) mass is 415 g/mol. The highest BCUT2D eigenvalue weighted by atomic mass is 31.1. The number of halogens is 1. The lowest BCUT2D eigenvalue weighted by molar-refractivity contribution is -0.203. The number of nitrogens with zero attached hydrogens (tertiary/aromatic N) is 1. The SMILES string of the molecule is C[C@]1(O)[C@H](n2ccc(=O)[nH]c2=O)O[C@](F)(CO[P+](=O)Oc2ccccc2)[C@H]1O. The molecule has 1 aliphatic rings. The lowest BCUT2D eigenvalue weighted by atomic mass is 9.95. The summed E-state index contributed by atoms with van der Waals surface area (Å²) in [5, 5.41) is 20.7. The van der Waals surface area contributed by atoms with E-state index in [2.05, 4.69) is 0 Å². The topological polar surface area (TPSA) is 140 Å². The van der Waals surface area contributed by atoms with Crippen molar-refractivity contribution in [2.75, 3.05) is 6.61 Å². The van der Waals surface area contributed by atoms with Gasteiger partial charge in [0.15, 0.2) is 18.6 Å². The number of benzene rings is 1. The Balaban J connectivity index is 1.75. The molecule has 1 aromatic heterocycles. The van der Waals surface area contributed by atoms with E-state index in [-0.39, 0.29) is 5.75 Å². The summed E-state index contributed by atoms with van der Waals surface area (Å²) in [6, 6.07) is 8.94. The van der Waals surface area contributed by atoms with Crippen LogP contribution in [0.15, 0.2) is 52.2 Å². The Labute approximate surface area is 158 Å². The Kier molecular flexibility index (Phi) is 5.46. The molecular formula is C16H17FN2O8P+. The highest BCUT2D eigenvalue weighted by Gasteiger charge is 2.64. The molecule has 0 saturated carbocycles. The second kappa shape index (κ2) is 7.53. The predicted molar refractivity (Wildman–Crippen MR) is 92.5 cm³/mol. The zero-order valence-electron chi connectivity index (χ0n) is 14.5. The first-order valence-corrected chi connectivity index (χ1v) is 9.15. The number of aliphatic hydroxyl groups excluding tert-OH is 1. The zero-order chi connectivity index (χ0) is 20.5. The molecule has 1 unspecified atom stereocenters. The third-order valence-corrected chi connectivity index (χ3v) is 4.86. The number of ether oxygens (including phenoxy) is 1. The Morgan fingerprint density at radius 2 is 2.00 bits per heavy atom. The van der Waals surface area contributed by atoms with Gasteiger partial charge in [-0.3, -0.25) is 14.3 Å². The van der Waals surface area contributed by atoms with Gasteiger partial charge in [-0.05, 0) is 19.1 Å². The van der Waals surface area contributed by atoms with Crippen molar-refractivity contribution in [3.8, 4) is 5.75 Å². The molecule has 0 amide bonds. The molecule has 5 atom stereocenters. The molecule has 2 aromatic rings. The molecule has 3 rings (SSSR count). The normalized spacial score (nSPS) is 30.2. The summed E-state index contributed by atoms with van der Waals surface area (Å²) in [5.41, 5.74) is -3.95. The van der Waals surface area contributed by atoms with Gasteiger partial charge in [-0.25, -0.2) is 13.7 Å². The van der Waals surface area contributed by atoms with E-state index in [1.165, 1.54) is 12.1 Å². The number of aromatic nitrogens is 2. The number of aliphatic hydroxyl groups is 2. The lowest BCUT2D eigenvalue weighted by Gasteiger charge is -2.27. The minimum absolute atomic E-state index is 0.217. The first-order valence-electron chi connectivity index (χ1n) is 8.05.